The molecule has 18 heavy (non-hydrogen) atoms. The molecule has 3 heteroatoms. The maximum atomic E-state index is 6.87. The van der Waals surface area contributed by atoms with E-state index in [4.69, 9.17) is 29.8 Å². The lowest BCUT2D eigenvalue weighted by atomic mass is 10.1. The first-order chi connectivity index (χ1) is 8.69. The van der Waals surface area contributed by atoms with Crippen LogP contribution in [0.25, 0.3) is 17.0 Å². The summed E-state index contributed by atoms with van der Waals surface area (Å²) in [4.78, 5) is 3.35. The van der Waals surface area contributed by atoms with E-state index in [2.05, 4.69) is 4.85 Å². The van der Waals surface area contributed by atoms with Gasteiger partial charge in [-0.1, -0.05) is 65.7 Å². The van der Waals surface area contributed by atoms with Crippen LogP contribution in [0.15, 0.2) is 42.5 Å². The van der Waals surface area contributed by atoms with Gasteiger partial charge in [0.05, 0.1) is 16.6 Å². The minimum atomic E-state index is 0.544. The van der Waals surface area contributed by atoms with Crippen LogP contribution >= 0.6 is 23.2 Å². The largest absolute Gasteiger partial charge is 0.238 e. The molecule has 0 bridgehead atoms. The fourth-order valence-corrected chi connectivity index (χ4v) is 1.77. The van der Waals surface area contributed by atoms with E-state index < -0.39 is 0 Å². The molecule has 2 rings (SSSR count). The number of hydrogen-bond donors (Lipinski definition) is 0. The van der Waals surface area contributed by atoms with E-state index in [1.165, 1.54) is 0 Å². The predicted molar refractivity (Wildman–Crippen MR) is 78.1 cm³/mol. The summed E-state index contributed by atoms with van der Waals surface area (Å²) in [7, 11) is 0. The molecule has 0 saturated carbocycles. The molecule has 0 saturated heterocycles. The molecule has 0 radical (unpaired) electrons. The van der Waals surface area contributed by atoms with Crippen molar-refractivity contribution in [1.29, 1.82) is 0 Å². The van der Waals surface area contributed by atoms with E-state index in [0.29, 0.717) is 15.7 Å². The molecule has 0 aromatic heterocycles. The lowest BCUT2D eigenvalue weighted by molar-refractivity contribution is 1.64. The fraction of sp³-hybridized carbons (Fsp3) is 0. The van der Waals surface area contributed by atoms with Crippen molar-refractivity contribution < 1.29 is 0 Å². The second-order valence-electron chi connectivity index (χ2n) is 3.71. The predicted octanol–water partition coefficient (Wildman–Crippen LogP) is 5.71. The van der Waals surface area contributed by atoms with Gasteiger partial charge in [0.15, 0.2) is 5.69 Å². The van der Waals surface area contributed by atoms with Crippen molar-refractivity contribution in [3.05, 3.63) is 75.1 Å². The summed E-state index contributed by atoms with van der Waals surface area (Å²) in [6.07, 6.45) is 3.92. The van der Waals surface area contributed by atoms with Crippen LogP contribution in [0, 0.1) is 6.57 Å². The fourth-order valence-electron chi connectivity index (χ4n) is 1.47. The van der Waals surface area contributed by atoms with Gasteiger partial charge in [0, 0.05) is 0 Å². The van der Waals surface area contributed by atoms with Gasteiger partial charge >= 0.3 is 0 Å². The Hall–Kier alpha value is -1.75. The van der Waals surface area contributed by atoms with Gasteiger partial charge in [-0.05, 0) is 23.3 Å². The Morgan fingerprint density at radius 2 is 1.44 bits per heavy atom. The van der Waals surface area contributed by atoms with E-state index in [0.717, 1.165) is 11.1 Å². The van der Waals surface area contributed by atoms with E-state index in [9.17, 15) is 0 Å². The van der Waals surface area contributed by atoms with Gasteiger partial charge in [0.2, 0.25) is 0 Å². The third-order valence-electron chi connectivity index (χ3n) is 2.43. The van der Waals surface area contributed by atoms with Crippen molar-refractivity contribution in [1.82, 2.24) is 0 Å². The van der Waals surface area contributed by atoms with Gasteiger partial charge < -0.3 is 0 Å². The first-order valence-corrected chi connectivity index (χ1v) is 6.05. The highest BCUT2D eigenvalue weighted by Gasteiger charge is 1.96. The molecule has 1 nitrogen and oxygen atoms in total. The molecule has 0 atom stereocenters. The van der Waals surface area contributed by atoms with E-state index >= 15 is 0 Å². The molecule has 2 aromatic carbocycles. The zero-order chi connectivity index (χ0) is 13.0. The minimum absolute atomic E-state index is 0.544. The van der Waals surface area contributed by atoms with Crippen LogP contribution in [-0.2, 0) is 0 Å². The summed E-state index contributed by atoms with van der Waals surface area (Å²) in [5.74, 6) is 0. The normalized spacial score (nSPS) is 10.5. The molecule has 0 N–H and O–H groups in total. The van der Waals surface area contributed by atoms with Crippen molar-refractivity contribution in [3.8, 4) is 0 Å². The van der Waals surface area contributed by atoms with E-state index in [-0.39, 0.29) is 0 Å². The highest BCUT2D eigenvalue weighted by Crippen LogP contribution is 2.23. The molecule has 0 aliphatic carbocycles. The maximum absolute atomic E-state index is 6.87. The Labute approximate surface area is 116 Å². The summed E-state index contributed by atoms with van der Waals surface area (Å²) in [6.45, 7) is 6.87. The number of rotatable bonds is 2. The van der Waals surface area contributed by atoms with Crippen LogP contribution in [-0.4, -0.2) is 0 Å². The number of benzene rings is 2. The molecular weight excluding hydrogens is 265 g/mol. The third kappa shape index (κ3) is 3.13. The molecule has 0 unspecified atom stereocenters. The highest BCUT2D eigenvalue weighted by molar-refractivity contribution is 6.42. The lowest BCUT2D eigenvalue weighted by Crippen LogP contribution is -1.74. The summed E-state index contributed by atoms with van der Waals surface area (Å²) in [5, 5.41) is 1.09. The average Bonchev–Trinajstić information content (AvgIpc) is 2.41. The van der Waals surface area contributed by atoms with Gasteiger partial charge in [-0.25, -0.2) is 4.85 Å². The SMILES string of the molecule is [C-]#[N+]c1ccc(/C=C/c2ccc(Cl)c(Cl)c2)cc1. The van der Waals surface area contributed by atoms with Gasteiger partial charge in [-0.3, -0.25) is 0 Å². The zero-order valence-corrected chi connectivity index (χ0v) is 10.9. The highest BCUT2D eigenvalue weighted by atomic mass is 35.5. The van der Waals surface area contributed by atoms with Crippen molar-refractivity contribution >= 4 is 41.0 Å². The Kier molecular flexibility index (Phi) is 4.04. The first kappa shape index (κ1) is 12.7. The van der Waals surface area contributed by atoms with Crippen molar-refractivity contribution in [3.63, 3.8) is 0 Å². The first-order valence-electron chi connectivity index (χ1n) is 5.30. The molecule has 0 fully saturated rings. The Bertz CT molecular complexity index is 622. The van der Waals surface area contributed by atoms with Gasteiger partial charge in [-0.15, -0.1) is 0 Å². The maximum Gasteiger partial charge on any atom is 0.187 e. The Morgan fingerprint density at radius 3 is 2.06 bits per heavy atom. The van der Waals surface area contributed by atoms with Crippen LogP contribution in [0.4, 0.5) is 5.69 Å². The topological polar surface area (TPSA) is 4.36 Å². The third-order valence-corrected chi connectivity index (χ3v) is 3.17. The van der Waals surface area contributed by atoms with Crippen LogP contribution in [0.1, 0.15) is 11.1 Å². The standard InChI is InChI=1S/C15H9Cl2N/c1-18-13-7-4-11(5-8-13)2-3-12-6-9-14(16)15(17)10-12/h2-10H/b3-2+. The lowest BCUT2D eigenvalue weighted by Gasteiger charge is -1.98. The quantitative estimate of drug-likeness (QED) is 0.487. The molecule has 2 aromatic rings. The minimum Gasteiger partial charge on any atom is -0.238 e. The average molecular weight is 274 g/mol. The second-order valence-corrected chi connectivity index (χ2v) is 4.52. The molecule has 0 aliphatic rings. The molecule has 0 heterocycles. The zero-order valence-electron chi connectivity index (χ0n) is 9.40. The molecule has 0 spiro atoms. The van der Waals surface area contributed by atoms with E-state index in [1.54, 1.807) is 18.2 Å². The smallest absolute Gasteiger partial charge is 0.187 e. The van der Waals surface area contributed by atoms with Crippen LogP contribution in [0.5, 0.6) is 0 Å². The van der Waals surface area contributed by atoms with E-state index in [1.807, 2.05) is 36.4 Å². The number of halogens is 2. The molecule has 88 valence electrons. The van der Waals surface area contributed by atoms with Gasteiger partial charge in [-0.2, -0.15) is 0 Å². The van der Waals surface area contributed by atoms with Gasteiger partial charge in [0.1, 0.15) is 0 Å². The number of nitrogens with zero attached hydrogens (tertiary/aromatic N) is 1. The van der Waals surface area contributed by atoms with Crippen LogP contribution in [0.3, 0.4) is 0 Å². The summed E-state index contributed by atoms with van der Waals surface area (Å²) < 4.78 is 0. The van der Waals surface area contributed by atoms with Crippen LogP contribution < -0.4 is 0 Å². The summed E-state index contributed by atoms with van der Waals surface area (Å²) in [5.41, 5.74) is 2.66. The summed E-state index contributed by atoms with van der Waals surface area (Å²) in [6, 6.07) is 12.9. The molecule has 0 amide bonds. The second kappa shape index (κ2) is 5.73. The molecular formula is C15H9Cl2N. The van der Waals surface area contributed by atoms with Crippen molar-refractivity contribution in [2.75, 3.05) is 0 Å². The van der Waals surface area contributed by atoms with Crippen molar-refractivity contribution in [2.24, 2.45) is 0 Å². The monoisotopic (exact) mass is 273 g/mol. The van der Waals surface area contributed by atoms with Crippen LogP contribution in [0.2, 0.25) is 10.0 Å². The Morgan fingerprint density at radius 1 is 0.833 bits per heavy atom. The van der Waals surface area contributed by atoms with Gasteiger partial charge in [0.25, 0.3) is 0 Å². The van der Waals surface area contributed by atoms with Crippen molar-refractivity contribution in [2.45, 2.75) is 0 Å². The summed E-state index contributed by atoms with van der Waals surface area (Å²) >= 11 is 11.8. The molecule has 0 aliphatic heterocycles. The number of hydrogen-bond acceptors (Lipinski definition) is 0. The Balaban J connectivity index is 2.19.